The minimum Gasteiger partial charge on any atom is -0.351 e. The molecule has 0 unspecified atom stereocenters. The summed E-state index contributed by atoms with van der Waals surface area (Å²) in [5, 5.41) is 12.7. The summed E-state index contributed by atoms with van der Waals surface area (Å²) < 4.78 is 3.21. The van der Waals surface area contributed by atoms with Crippen molar-refractivity contribution in [2.75, 3.05) is 5.32 Å². The summed E-state index contributed by atoms with van der Waals surface area (Å²) in [6, 6.07) is 15.5. The normalized spacial score (nSPS) is 13.8. The lowest BCUT2D eigenvalue weighted by atomic mass is 10.2. The quantitative estimate of drug-likeness (QED) is 0.452. The van der Waals surface area contributed by atoms with E-state index in [0.717, 1.165) is 57.7 Å². The van der Waals surface area contributed by atoms with Crippen molar-refractivity contribution >= 4 is 38.4 Å². The molecule has 29 heavy (non-hydrogen) atoms. The molecule has 0 saturated heterocycles. The third-order valence-electron chi connectivity index (χ3n) is 5.34. The predicted molar refractivity (Wildman–Crippen MR) is 117 cm³/mol. The molecular weight excluding hydrogens is 430 g/mol. The van der Waals surface area contributed by atoms with Crippen molar-refractivity contribution in [2.45, 2.75) is 32.2 Å². The first kappa shape index (κ1) is 18.1. The molecule has 7 heteroatoms. The van der Waals surface area contributed by atoms with Crippen LogP contribution < -0.4 is 5.32 Å². The lowest BCUT2D eigenvalue weighted by molar-refractivity contribution is 0.102. The lowest BCUT2D eigenvalue weighted by Gasteiger charge is -2.08. The van der Waals surface area contributed by atoms with Crippen molar-refractivity contribution in [3.8, 4) is 11.4 Å². The van der Waals surface area contributed by atoms with Crippen molar-refractivity contribution in [3.05, 3.63) is 64.5 Å². The maximum absolute atomic E-state index is 12.6. The van der Waals surface area contributed by atoms with Crippen LogP contribution in [-0.2, 0) is 13.0 Å². The van der Waals surface area contributed by atoms with E-state index in [1.165, 1.54) is 12.8 Å². The van der Waals surface area contributed by atoms with E-state index in [0.29, 0.717) is 5.69 Å². The number of benzene rings is 2. The van der Waals surface area contributed by atoms with Crippen molar-refractivity contribution < 1.29 is 4.79 Å². The van der Waals surface area contributed by atoms with Crippen molar-refractivity contribution in [1.82, 2.24) is 19.7 Å². The van der Waals surface area contributed by atoms with Gasteiger partial charge in [-0.15, -0.1) is 10.2 Å². The van der Waals surface area contributed by atoms with Crippen LogP contribution in [0.2, 0.25) is 0 Å². The number of nitrogens with zero attached hydrogens (tertiary/aromatic N) is 3. The molecule has 0 saturated carbocycles. The average Bonchev–Trinajstić information content (AvgIpc) is 3.25. The van der Waals surface area contributed by atoms with Crippen molar-refractivity contribution in [3.63, 3.8) is 0 Å². The summed E-state index contributed by atoms with van der Waals surface area (Å²) in [6.07, 6.45) is 4.56. The molecule has 2 N–H and O–H groups in total. The number of hydrogen-bond donors (Lipinski definition) is 2. The number of carbonyl (C=O) groups is 1. The van der Waals surface area contributed by atoms with Gasteiger partial charge in [-0.3, -0.25) is 4.79 Å². The number of fused-ring (bicyclic) bond motifs is 2. The van der Waals surface area contributed by atoms with E-state index >= 15 is 0 Å². The fourth-order valence-electron chi connectivity index (χ4n) is 3.83. The van der Waals surface area contributed by atoms with E-state index < -0.39 is 0 Å². The Bertz CT molecular complexity index is 1190. The Morgan fingerprint density at radius 2 is 1.90 bits per heavy atom. The second-order valence-electron chi connectivity index (χ2n) is 7.35. The van der Waals surface area contributed by atoms with Crippen molar-refractivity contribution in [2.24, 2.45) is 0 Å². The summed E-state index contributed by atoms with van der Waals surface area (Å²) in [6.45, 7) is 0.965. The molecule has 3 heterocycles. The topological polar surface area (TPSA) is 75.6 Å². The monoisotopic (exact) mass is 449 g/mol. The van der Waals surface area contributed by atoms with Gasteiger partial charge in [0.25, 0.3) is 5.91 Å². The molecule has 0 bridgehead atoms. The molecule has 0 fully saturated rings. The zero-order chi connectivity index (χ0) is 19.8. The van der Waals surface area contributed by atoms with Crippen LogP contribution in [0.4, 0.5) is 5.69 Å². The Hall–Kier alpha value is -2.93. The highest BCUT2D eigenvalue weighted by Gasteiger charge is 2.16. The summed E-state index contributed by atoms with van der Waals surface area (Å²) >= 11 is 3.46. The van der Waals surface area contributed by atoms with Gasteiger partial charge >= 0.3 is 0 Å². The molecule has 1 aliphatic rings. The summed E-state index contributed by atoms with van der Waals surface area (Å²) in [7, 11) is 0. The maximum atomic E-state index is 12.6. The first-order chi connectivity index (χ1) is 14.2. The number of aryl methyl sites for hydroxylation is 1. The Kier molecular flexibility index (Phi) is 4.67. The third-order valence-corrected chi connectivity index (χ3v) is 5.83. The van der Waals surface area contributed by atoms with Gasteiger partial charge in [0.15, 0.2) is 5.82 Å². The van der Waals surface area contributed by atoms with Gasteiger partial charge in [-0.25, -0.2) is 0 Å². The Morgan fingerprint density at radius 1 is 1.03 bits per heavy atom. The van der Waals surface area contributed by atoms with Gasteiger partial charge in [0, 0.05) is 39.6 Å². The number of aromatic nitrogens is 4. The van der Waals surface area contributed by atoms with Gasteiger partial charge in [-0.05, 0) is 61.4 Å². The molecule has 2 aromatic carbocycles. The van der Waals surface area contributed by atoms with E-state index in [1.54, 1.807) is 0 Å². The standard InChI is InChI=1S/C22H20BrN5O/c23-16-7-10-18-15(12-16)13-19(25-18)22(29)24-17-8-5-14(6-9-17)21-27-26-20-4-2-1-3-11-28(20)21/h5-10,12-13,25H,1-4,11H2,(H,24,29). The van der Waals surface area contributed by atoms with Gasteiger partial charge in [0.2, 0.25) is 0 Å². The molecule has 0 atom stereocenters. The predicted octanol–water partition coefficient (Wildman–Crippen LogP) is 5.17. The van der Waals surface area contributed by atoms with Crippen LogP contribution in [0.25, 0.3) is 22.3 Å². The van der Waals surface area contributed by atoms with E-state index in [-0.39, 0.29) is 5.91 Å². The minimum atomic E-state index is -0.165. The molecule has 0 aliphatic carbocycles. The van der Waals surface area contributed by atoms with E-state index in [1.807, 2.05) is 48.5 Å². The fourth-order valence-corrected chi connectivity index (χ4v) is 4.20. The van der Waals surface area contributed by atoms with Gasteiger partial charge in [0.05, 0.1) is 0 Å². The number of amides is 1. The van der Waals surface area contributed by atoms with Crippen LogP contribution in [0.3, 0.4) is 0 Å². The zero-order valence-corrected chi connectivity index (χ0v) is 17.4. The number of anilines is 1. The van der Waals surface area contributed by atoms with Gasteiger partial charge in [0.1, 0.15) is 11.5 Å². The van der Waals surface area contributed by atoms with Gasteiger partial charge in [-0.1, -0.05) is 22.4 Å². The second kappa shape index (κ2) is 7.48. The SMILES string of the molecule is O=C(Nc1ccc(-c2nnc3n2CCCCC3)cc1)c1cc2cc(Br)ccc2[nH]1. The van der Waals surface area contributed by atoms with Gasteiger partial charge in [-0.2, -0.15) is 0 Å². The van der Waals surface area contributed by atoms with Crippen molar-refractivity contribution in [1.29, 1.82) is 0 Å². The molecule has 6 nitrogen and oxygen atoms in total. The largest absolute Gasteiger partial charge is 0.351 e. The summed E-state index contributed by atoms with van der Waals surface area (Å²) in [5.74, 6) is 1.81. The highest BCUT2D eigenvalue weighted by atomic mass is 79.9. The zero-order valence-electron chi connectivity index (χ0n) is 15.8. The fraction of sp³-hybridized carbons (Fsp3) is 0.227. The van der Waals surface area contributed by atoms with E-state index in [2.05, 4.69) is 41.0 Å². The number of carbonyl (C=O) groups excluding carboxylic acids is 1. The number of aromatic amines is 1. The molecule has 146 valence electrons. The van der Waals surface area contributed by atoms with Crippen LogP contribution in [0.1, 0.15) is 35.6 Å². The molecule has 0 spiro atoms. The molecule has 5 rings (SSSR count). The molecule has 0 radical (unpaired) electrons. The van der Waals surface area contributed by atoms with Crippen LogP contribution in [-0.4, -0.2) is 25.7 Å². The number of nitrogens with one attached hydrogen (secondary N) is 2. The van der Waals surface area contributed by atoms with Crippen LogP contribution >= 0.6 is 15.9 Å². The average molecular weight is 450 g/mol. The molecule has 1 amide bonds. The molecule has 2 aromatic heterocycles. The third kappa shape index (κ3) is 3.58. The number of halogens is 1. The Morgan fingerprint density at radius 3 is 2.76 bits per heavy atom. The minimum absolute atomic E-state index is 0.165. The number of H-pyrrole nitrogens is 1. The van der Waals surface area contributed by atoms with E-state index in [9.17, 15) is 4.79 Å². The molecule has 4 aromatic rings. The van der Waals surface area contributed by atoms with Crippen LogP contribution in [0.15, 0.2) is 53.0 Å². The summed E-state index contributed by atoms with van der Waals surface area (Å²) in [5.41, 5.74) is 3.22. The molecular formula is C22H20BrN5O. The molecule has 1 aliphatic heterocycles. The Labute approximate surface area is 176 Å². The number of hydrogen-bond acceptors (Lipinski definition) is 3. The number of rotatable bonds is 3. The summed E-state index contributed by atoms with van der Waals surface area (Å²) in [4.78, 5) is 15.8. The highest BCUT2D eigenvalue weighted by Crippen LogP contribution is 2.25. The first-order valence-corrected chi connectivity index (χ1v) is 10.6. The van der Waals surface area contributed by atoms with Crippen LogP contribution in [0, 0.1) is 0 Å². The highest BCUT2D eigenvalue weighted by molar-refractivity contribution is 9.10. The smallest absolute Gasteiger partial charge is 0.272 e. The Balaban J connectivity index is 1.35. The maximum Gasteiger partial charge on any atom is 0.272 e. The second-order valence-corrected chi connectivity index (χ2v) is 8.26. The van der Waals surface area contributed by atoms with Crippen LogP contribution in [0.5, 0.6) is 0 Å². The van der Waals surface area contributed by atoms with Gasteiger partial charge < -0.3 is 14.9 Å². The first-order valence-electron chi connectivity index (χ1n) is 9.79. The lowest BCUT2D eigenvalue weighted by Crippen LogP contribution is -2.12. The van der Waals surface area contributed by atoms with E-state index in [4.69, 9.17) is 0 Å².